The average Bonchev–Trinajstić information content (AvgIpc) is 3.53. The second-order valence-corrected chi connectivity index (χ2v) is 8.08. The minimum atomic E-state index is -0.381. The number of rotatable bonds is 4. The van der Waals surface area contributed by atoms with Crippen molar-refractivity contribution < 1.29 is 14.3 Å². The van der Waals surface area contributed by atoms with Crippen molar-refractivity contribution in [3.05, 3.63) is 66.1 Å². The summed E-state index contributed by atoms with van der Waals surface area (Å²) in [5, 5.41) is 8.38. The van der Waals surface area contributed by atoms with Crippen molar-refractivity contribution in [1.29, 1.82) is 0 Å². The van der Waals surface area contributed by atoms with E-state index in [0.717, 1.165) is 25.2 Å². The van der Waals surface area contributed by atoms with Crippen molar-refractivity contribution in [1.82, 2.24) is 24.9 Å². The number of esters is 1. The van der Waals surface area contributed by atoms with E-state index in [9.17, 15) is 9.59 Å². The molecule has 0 radical (unpaired) electrons. The lowest BCUT2D eigenvalue weighted by atomic mass is 9.91. The molecular formula is C23H24N6O3. The summed E-state index contributed by atoms with van der Waals surface area (Å²) < 4.78 is 4.85. The number of carbonyl (C=O) groups excluding carboxylic acids is 2. The largest absolute Gasteiger partial charge is 0.465 e. The van der Waals surface area contributed by atoms with Gasteiger partial charge in [0.15, 0.2) is 0 Å². The first kappa shape index (κ1) is 20.2. The highest BCUT2D eigenvalue weighted by atomic mass is 16.5. The Morgan fingerprint density at radius 2 is 1.81 bits per heavy atom. The molecule has 1 aromatic carbocycles. The smallest absolute Gasteiger partial charge is 0.338 e. The molecule has 4 heterocycles. The van der Waals surface area contributed by atoms with Gasteiger partial charge in [0, 0.05) is 25.8 Å². The maximum Gasteiger partial charge on any atom is 0.338 e. The standard InChI is InChI=1S/C23H24N6O3/c1-32-23(31)17-6-9-24-21(14-17)28-13-8-16-7-12-27(15-20(16)28)22(30)18-4-2-3-5-19(18)29-25-10-11-26-29/h2-6,9-11,14,16,20H,7-8,12-13,15H2,1H3/t16-,20-/m0/s1. The molecule has 9 heteroatoms. The number of methoxy groups -OCH3 is 1. The van der Waals surface area contributed by atoms with Gasteiger partial charge < -0.3 is 14.5 Å². The van der Waals surface area contributed by atoms with Crippen LogP contribution in [0, 0.1) is 5.92 Å². The number of piperidine rings is 1. The van der Waals surface area contributed by atoms with Gasteiger partial charge in [-0.05, 0) is 43.0 Å². The van der Waals surface area contributed by atoms with E-state index in [4.69, 9.17) is 4.74 Å². The fraction of sp³-hybridized carbons (Fsp3) is 0.348. The molecule has 3 aromatic rings. The van der Waals surface area contributed by atoms with E-state index >= 15 is 0 Å². The molecule has 2 aliphatic heterocycles. The third-order valence-corrected chi connectivity index (χ3v) is 6.38. The zero-order valence-corrected chi connectivity index (χ0v) is 17.8. The van der Waals surface area contributed by atoms with E-state index in [2.05, 4.69) is 20.1 Å². The van der Waals surface area contributed by atoms with Gasteiger partial charge in [0.2, 0.25) is 0 Å². The van der Waals surface area contributed by atoms with Crippen molar-refractivity contribution in [3.63, 3.8) is 0 Å². The van der Waals surface area contributed by atoms with Crippen molar-refractivity contribution in [3.8, 4) is 5.69 Å². The van der Waals surface area contributed by atoms with Gasteiger partial charge in [-0.3, -0.25) is 4.79 Å². The Hall–Kier alpha value is -3.75. The Balaban J connectivity index is 1.39. The Bertz CT molecular complexity index is 1130. The molecule has 2 saturated heterocycles. The molecule has 0 saturated carbocycles. The number of amides is 1. The number of aromatic nitrogens is 4. The summed E-state index contributed by atoms with van der Waals surface area (Å²) in [5.74, 6) is 0.828. The molecule has 2 atom stereocenters. The van der Waals surface area contributed by atoms with Crippen LogP contribution in [0.5, 0.6) is 0 Å². The summed E-state index contributed by atoms with van der Waals surface area (Å²) >= 11 is 0. The van der Waals surface area contributed by atoms with Crippen molar-refractivity contribution in [2.24, 2.45) is 5.92 Å². The summed E-state index contributed by atoms with van der Waals surface area (Å²) in [4.78, 5) is 35.6. The van der Waals surface area contributed by atoms with Crippen molar-refractivity contribution >= 4 is 17.7 Å². The van der Waals surface area contributed by atoms with Crippen LogP contribution < -0.4 is 4.90 Å². The molecule has 2 aliphatic rings. The third kappa shape index (κ3) is 3.59. The first-order chi connectivity index (χ1) is 15.7. The number of benzene rings is 1. The fourth-order valence-electron chi connectivity index (χ4n) is 4.77. The number of hydrogen-bond acceptors (Lipinski definition) is 7. The number of para-hydroxylation sites is 1. The van der Waals surface area contributed by atoms with Crippen LogP contribution in [0.1, 0.15) is 33.6 Å². The van der Waals surface area contributed by atoms with Gasteiger partial charge in [0.05, 0.1) is 42.4 Å². The molecule has 5 rings (SSSR count). The summed E-state index contributed by atoms with van der Waals surface area (Å²) in [6, 6.07) is 11.0. The van der Waals surface area contributed by atoms with Gasteiger partial charge >= 0.3 is 5.97 Å². The molecule has 0 unspecified atom stereocenters. The van der Waals surface area contributed by atoms with Crippen LogP contribution in [0.2, 0.25) is 0 Å². The minimum Gasteiger partial charge on any atom is -0.465 e. The number of fused-ring (bicyclic) bond motifs is 1. The molecule has 1 amide bonds. The molecular weight excluding hydrogens is 408 g/mol. The highest BCUT2D eigenvalue weighted by Crippen LogP contribution is 2.35. The zero-order chi connectivity index (χ0) is 22.1. The third-order valence-electron chi connectivity index (χ3n) is 6.38. The molecule has 0 aliphatic carbocycles. The lowest BCUT2D eigenvalue weighted by Gasteiger charge is -2.39. The van der Waals surface area contributed by atoms with E-state index in [1.54, 1.807) is 30.7 Å². The predicted octanol–water partition coefficient (Wildman–Crippen LogP) is 2.19. The lowest BCUT2D eigenvalue weighted by Crippen LogP contribution is -2.50. The van der Waals surface area contributed by atoms with Crippen LogP contribution in [0.3, 0.4) is 0 Å². The van der Waals surface area contributed by atoms with Crippen LogP contribution in [0.4, 0.5) is 5.82 Å². The van der Waals surface area contributed by atoms with E-state index < -0.39 is 0 Å². The normalized spacial score (nSPS) is 20.2. The summed E-state index contributed by atoms with van der Waals surface area (Å²) in [6.45, 7) is 2.17. The summed E-state index contributed by atoms with van der Waals surface area (Å²) in [5.41, 5.74) is 1.73. The van der Waals surface area contributed by atoms with Crippen molar-refractivity contribution in [2.75, 3.05) is 31.6 Å². The highest BCUT2D eigenvalue weighted by Gasteiger charge is 2.40. The van der Waals surface area contributed by atoms with Gasteiger partial charge in [-0.1, -0.05) is 12.1 Å². The van der Waals surface area contributed by atoms with Crippen LogP contribution in [0.15, 0.2) is 55.0 Å². The van der Waals surface area contributed by atoms with E-state index in [0.29, 0.717) is 35.8 Å². The Kier molecular flexibility index (Phi) is 5.30. The van der Waals surface area contributed by atoms with Crippen LogP contribution in [-0.4, -0.2) is 69.5 Å². The van der Waals surface area contributed by atoms with Gasteiger partial charge in [-0.15, -0.1) is 0 Å². The Morgan fingerprint density at radius 3 is 2.62 bits per heavy atom. The topological polar surface area (TPSA) is 93.5 Å². The maximum absolute atomic E-state index is 13.5. The number of pyridine rings is 1. The zero-order valence-electron chi connectivity index (χ0n) is 17.8. The molecule has 32 heavy (non-hydrogen) atoms. The number of ether oxygens (including phenoxy) is 1. The first-order valence-corrected chi connectivity index (χ1v) is 10.7. The summed E-state index contributed by atoms with van der Waals surface area (Å²) in [7, 11) is 1.37. The Morgan fingerprint density at radius 1 is 1.03 bits per heavy atom. The fourth-order valence-corrected chi connectivity index (χ4v) is 4.77. The van der Waals surface area contributed by atoms with Gasteiger partial charge in [0.1, 0.15) is 5.82 Å². The van der Waals surface area contributed by atoms with E-state index in [1.807, 2.05) is 29.2 Å². The number of anilines is 1. The molecule has 0 N–H and O–H groups in total. The van der Waals surface area contributed by atoms with Crippen LogP contribution in [-0.2, 0) is 4.74 Å². The highest BCUT2D eigenvalue weighted by molar-refractivity contribution is 5.97. The maximum atomic E-state index is 13.5. The van der Waals surface area contributed by atoms with Crippen LogP contribution in [0.25, 0.3) is 5.69 Å². The number of hydrogen-bond donors (Lipinski definition) is 0. The predicted molar refractivity (Wildman–Crippen MR) is 117 cm³/mol. The molecule has 9 nitrogen and oxygen atoms in total. The van der Waals surface area contributed by atoms with Gasteiger partial charge in [-0.25, -0.2) is 9.78 Å². The quantitative estimate of drug-likeness (QED) is 0.584. The molecule has 0 spiro atoms. The lowest BCUT2D eigenvalue weighted by molar-refractivity contribution is 0.0600. The minimum absolute atomic E-state index is 0.0283. The Labute approximate surface area is 185 Å². The van der Waals surface area contributed by atoms with Crippen LogP contribution >= 0.6 is 0 Å². The van der Waals surface area contributed by atoms with Crippen molar-refractivity contribution in [2.45, 2.75) is 18.9 Å². The number of likely N-dealkylation sites (tertiary alicyclic amines) is 1. The van der Waals surface area contributed by atoms with E-state index in [1.165, 1.54) is 11.9 Å². The molecule has 0 bridgehead atoms. The first-order valence-electron chi connectivity index (χ1n) is 10.7. The second-order valence-electron chi connectivity index (χ2n) is 8.08. The monoisotopic (exact) mass is 432 g/mol. The average molecular weight is 432 g/mol. The molecule has 2 aromatic heterocycles. The second kappa shape index (κ2) is 8.41. The van der Waals surface area contributed by atoms with Gasteiger partial charge in [-0.2, -0.15) is 15.0 Å². The number of nitrogens with zero attached hydrogens (tertiary/aromatic N) is 6. The number of carbonyl (C=O) groups is 2. The SMILES string of the molecule is COC(=O)c1ccnc(N2CC[C@@H]3CCN(C(=O)c4ccccc4-n4nccn4)C[C@@H]32)c1. The molecule has 164 valence electrons. The molecule has 2 fully saturated rings. The summed E-state index contributed by atoms with van der Waals surface area (Å²) in [6.07, 6.45) is 6.81. The van der Waals surface area contributed by atoms with Gasteiger partial charge in [0.25, 0.3) is 5.91 Å². The van der Waals surface area contributed by atoms with E-state index in [-0.39, 0.29) is 17.9 Å².